The van der Waals surface area contributed by atoms with Gasteiger partial charge in [-0.3, -0.25) is 9.59 Å². The first-order chi connectivity index (χ1) is 9.25. The monoisotopic (exact) mass is 301 g/mol. The molecule has 0 aromatic rings. The zero-order chi connectivity index (χ0) is 15.2. The number of carboxylic acids is 1. The van der Waals surface area contributed by atoms with Gasteiger partial charge >= 0.3 is 5.97 Å². The molecule has 1 amide bonds. The highest BCUT2D eigenvalue weighted by atomic mass is 32.2. The molecule has 0 aliphatic heterocycles. The molecule has 1 saturated carbocycles. The fraction of sp³-hybridized carbons (Fsp3) is 0.867. The minimum absolute atomic E-state index is 0.0458. The summed E-state index contributed by atoms with van der Waals surface area (Å²) in [6.07, 6.45) is 5.44. The molecule has 0 aromatic heterocycles. The van der Waals surface area contributed by atoms with E-state index in [0.29, 0.717) is 18.6 Å². The van der Waals surface area contributed by atoms with Gasteiger partial charge in [-0.2, -0.15) is 0 Å². The molecule has 0 radical (unpaired) electrons. The van der Waals surface area contributed by atoms with Crippen LogP contribution < -0.4 is 5.32 Å². The Bertz CT molecular complexity index is 342. The van der Waals surface area contributed by atoms with Gasteiger partial charge in [0, 0.05) is 11.3 Å². The van der Waals surface area contributed by atoms with E-state index >= 15 is 0 Å². The van der Waals surface area contributed by atoms with E-state index in [0.717, 1.165) is 25.7 Å². The van der Waals surface area contributed by atoms with Crippen molar-refractivity contribution >= 4 is 23.6 Å². The van der Waals surface area contributed by atoms with Gasteiger partial charge in [-0.15, -0.1) is 11.8 Å². The average molecular weight is 301 g/mol. The van der Waals surface area contributed by atoms with Crippen LogP contribution >= 0.6 is 11.8 Å². The lowest BCUT2D eigenvalue weighted by molar-refractivity contribution is -0.149. The second kappa shape index (κ2) is 7.34. The van der Waals surface area contributed by atoms with E-state index in [-0.39, 0.29) is 17.2 Å². The molecule has 0 aromatic carbocycles. The fourth-order valence-electron chi connectivity index (χ4n) is 2.47. The van der Waals surface area contributed by atoms with Gasteiger partial charge in [-0.1, -0.05) is 46.5 Å². The second-order valence-electron chi connectivity index (χ2n) is 6.68. The van der Waals surface area contributed by atoms with Crippen molar-refractivity contribution in [1.82, 2.24) is 5.32 Å². The Kier molecular flexibility index (Phi) is 6.37. The van der Waals surface area contributed by atoms with Crippen molar-refractivity contribution in [3.05, 3.63) is 0 Å². The fourth-order valence-corrected chi connectivity index (χ4v) is 3.14. The summed E-state index contributed by atoms with van der Waals surface area (Å²) < 4.78 is 0.0458. The molecule has 2 N–H and O–H groups in total. The maximum atomic E-state index is 11.9. The number of carboxylic acid groups (broad SMARTS) is 1. The Morgan fingerprint density at radius 1 is 1.15 bits per heavy atom. The zero-order valence-electron chi connectivity index (χ0n) is 12.8. The third-order valence-electron chi connectivity index (χ3n) is 3.77. The number of carbonyl (C=O) groups is 2. The lowest BCUT2D eigenvalue weighted by atomic mass is 9.80. The predicted molar refractivity (Wildman–Crippen MR) is 83.0 cm³/mol. The van der Waals surface area contributed by atoms with Crippen LogP contribution in [0.2, 0.25) is 0 Å². The molecule has 5 heteroatoms. The van der Waals surface area contributed by atoms with E-state index in [4.69, 9.17) is 0 Å². The van der Waals surface area contributed by atoms with Crippen LogP contribution in [0.25, 0.3) is 0 Å². The lowest BCUT2D eigenvalue weighted by Gasteiger charge is -2.28. The Balaban J connectivity index is 2.50. The molecule has 0 bridgehead atoms. The van der Waals surface area contributed by atoms with E-state index in [2.05, 4.69) is 26.1 Å². The molecule has 0 atom stereocenters. The second-order valence-corrected chi connectivity index (χ2v) is 8.48. The summed E-state index contributed by atoms with van der Waals surface area (Å²) in [5.41, 5.74) is -0.751. The number of hydrogen-bond donors (Lipinski definition) is 2. The molecule has 0 spiro atoms. The smallest absolute Gasteiger partial charge is 0.311 e. The number of carbonyl (C=O) groups excluding carboxylic acids is 1. The van der Waals surface area contributed by atoms with Crippen LogP contribution in [0.4, 0.5) is 0 Å². The highest BCUT2D eigenvalue weighted by molar-refractivity contribution is 8.01. The quantitative estimate of drug-likeness (QED) is 0.766. The lowest BCUT2D eigenvalue weighted by Crippen LogP contribution is -2.43. The molecule has 0 saturated heterocycles. The van der Waals surface area contributed by atoms with Crippen molar-refractivity contribution in [3.8, 4) is 0 Å². The van der Waals surface area contributed by atoms with Gasteiger partial charge in [0.15, 0.2) is 0 Å². The average Bonchev–Trinajstić information content (AvgIpc) is 2.59. The molecular formula is C15H27NO3S. The Morgan fingerprint density at radius 2 is 1.70 bits per heavy atom. The third-order valence-corrected chi connectivity index (χ3v) is 5.05. The van der Waals surface area contributed by atoms with Crippen molar-refractivity contribution in [2.24, 2.45) is 5.41 Å². The first-order valence-corrected chi connectivity index (χ1v) is 8.38. The summed E-state index contributed by atoms with van der Waals surface area (Å²) in [7, 11) is 0. The number of rotatable bonds is 5. The molecule has 1 aliphatic carbocycles. The third kappa shape index (κ3) is 5.73. The van der Waals surface area contributed by atoms with Crippen LogP contribution in [0.1, 0.15) is 59.3 Å². The highest BCUT2D eigenvalue weighted by Gasteiger charge is 2.38. The molecule has 0 heterocycles. The zero-order valence-corrected chi connectivity index (χ0v) is 13.6. The van der Waals surface area contributed by atoms with Crippen LogP contribution in [-0.4, -0.2) is 34.0 Å². The Morgan fingerprint density at radius 3 is 2.15 bits per heavy atom. The van der Waals surface area contributed by atoms with Crippen molar-refractivity contribution in [2.75, 3.05) is 12.3 Å². The van der Waals surface area contributed by atoms with Gasteiger partial charge in [-0.25, -0.2) is 0 Å². The largest absolute Gasteiger partial charge is 0.481 e. The van der Waals surface area contributed by atoms with Crippen molar-refractivity contribution in [2.45, 2.75) is 64.0 Å². The van der Waals surface area contributed by atoms with Crippen LogP contribution in [0.5, 0.6) is 0 Å². The molecule has 4 nitrogen and oxygen atoms in total. The minimum Gasteiger partial charge on any atom is -0.481 e. The van der Waals surface area contributed by atoms with Crippen LogP contribution in [-0.2, 0) is 9.59 Å². The summed E-state index contributed by atoms with van der Waals surface area (Å²) in [5.74, 6) is -0.433. The summed E-state index contributed by atoms with van der Waals surface area (Å²) in [6, 6.07) is 0. The number of thioether (sulfide) groups is 1. The van der Waals surface area contributed by atoms with Crippen LogP contribution in [0.15, 0.2) is 0 Å². The van der Waals surface area contributed by atoms with Crippen LogP contribution in [0.3, 0.4) is 0 Å². The highest BCUT2D eigenvalue weighted by Crippen LogP contribution is 2.35. The van der Waals surface area contributed by atoms with Gasteiger partial charge in [-0.05, 0) is 12.8 Å². The van der Waals surface area contributed by atoms with Gasteiger partial charge in [0.25, 0.3) is 0 Å². The standard InChI is InChI=1S/C15H27NO3S/c1-14(2,3)20-10-12(17)16-11-15(13(18)19)8-6-4-5-7-9-15/h4-11H2,1-3H3,(H,16,17)(H,18,19). The number of aliphatic carboxylic acids is 1. The molecule has 0 unspecified atom stereocenters. The summed E-state index contributed by atoms with van der Waals surface area (Å²) >= 11 is 1.58. The predicted octanol–water partition coefficient (Wildman–Crippen LogP) is 3.06. The SMILES string of the molecule is CC(C)(C)SCC(=O)NCC1(C(=O)O)CCCCCC1. The van der Waals surface area contributed by atoms with Crippen molar-refractivity contribution in [1.29, 1.82) is 0 Å². The molecule has 1 aliphatic rings. The summed E-state index contributed by atoms with van der Waals surface area (Å²) in [4.78, 5) is 23.5. The van der Waals surface area contributed by atoms with Crippen molar-refractivity contribution < 1.29 is 14.7 Å². The molecule has 1 fully saturated rings. The molecular weight excluding hydrogens is 274 g/mol. The molecule has 116 valence electrons. The van der Waals surface area contributed by atoms with Crippen LogP contribution in [0, 0.1) is 5.41 Å². The van der Waals surface area contributed by atoms with Gasteiger partial charge < -0.3 is 10.4 Å². The summed E-state index contributed by atoms with van der Waals surface area (Å²) in [5, 5.41) is 12.4. The van der Waals surface area contributed by atoms with Gasteiger partial charge in [0.05, 0.1) is 11.2 Å². The first kappa shape index (κ1) is 17.3. The van der Waals surface area contributed by atoms with Gasteiger partial charge in [0.2, 0.25) is 5.91 Å². The Labute approximate surface area is 126 Å². The van der Waals surface area contributed by atoms with E-state index in [1.54, 1.807) is 11.8 Å². The molecule has 20 heavy (non-hydrogen) atoms. The van der Waals surface area contributed by atoms with E-state index in [1.807, 2.05) is 0 Å². The number of amides is 1. The number of hydrogen-bond acceptors (Lipinski definition) is 3. The van der Waals surface area contributed by atoms with E-state index in [9.17, 15) is 14.7 Å². The first-order valence-electron chi connectivity index (χ1n) is 7.39. The van der Waals surface area contributed by atoms with E-state index in [1.165, 1.54) is 0 Å². The number of nitrogens with one attached hydrogen (secondary N) is 1. The Hall–Kier alpha value is -0.710. The van der Waals surface area contributed by atoms with E-state index < -0.39 is 11.4 Å². The van der Waals surface area contributed by atoms with Gasteiger partial charge in [0.1, 0.15) is 0 Å². The molecule has 1 rings (SSSR count). The van der Waals surface area contributed by atoms with Crippen molar-refractivity contribution in [3.63, 3.8) is 0 Å². The topological polar surface area (TPSA) is 66.4 Å². The minimum atomic E-state index is -0.761. The normalized spacial score (nSPS) is 19.1. The maximum Gasteiger partial charge on any atom is 0.311 e. The summed E-state index contributed by atoms with van der Waals surface area (Å²) in [6.45, 7) is 6.46. The maximum absolute atomic E-state index is 11.9.